The Labute approximate surface area is 179 Å². The summed E-state index contributed by atoms with van der Waals surface area (Å²) < 4.78 is 23.0. The molecule has 2 saturated heterocycles. The number of rotatable bonds is 5. The van der Waals surface area contributed by atoms with Crippen LogP contribution in [0, 0.1) is 13.8 Å². The smallest absolute Gasteiger partial charge is 0.222 e. The Morgan fingerprint density at radius 1 is 1.20 bits per heavy atom. The second-order valence-corrected chi connectivity index (χ2v) is 10.3. The number of carbonyl (C=O) groups excluding carboxylic acids is 1. The monoisotopic (exact) mass is 435 g/mol. The number of anilines is 1. The number of sulfone groups is 1. The molecule has 1 atom stereocenters. The fourth-order valence-electron chi connectivity index (χ4n) is 4.07. The predicted octanol–water partition coefficient (Wildman–Crippen LogP) is 0.694. The number of hydrogen-bond acceptors (Lipinski definition) is 5. The lowest BCUT2D eigenvalue weighted by atomic mass is 10.1. The summed E-state index contributed by atoms with van der Waals surface area (Å²) in [6.07, 6.45) is 0.798. The average molecular weight is 436 g/mol. The van der Waals surface area contributed by atoms with E-state index in [0.29, 0.717) is 13.0 Å². The number of nitrogens with zero attached hydrogens (tertiary/aromatic N) is 3. The molecule has 9 heteroatoms. The molecule has 2 aliphatic rings. The van der Waals surface area contributed by atoms with Crippen molar-refractivity contribution in [3.63, 3.8) is 0 Å². The van der Waals surface area contributed by atoms with Gasteiger partial charge in [-0.05, 0) is 37.5 Å². The first-order chi connectivity index (χ1) is 14.3. The first-order valence-electron chi connectivity index (χ1n) is 10.6. The van der Waals surface area contributed by atoms with Crippen molar-refractivity contribution in [2.24, 2.45) is 4.99 Å². The van der Waals surface area contributed by atoms with Crippen molar-refractivity contribution in [1.29, 1.82) is 0 Å². The van der Waals surface area contributed by atoms with Gasteiger partial charge in [-0.25, -0.2) is 8.42 Å². The zero-order chi connectivity index (χ0) is 21.7. The molecule has 0 radical (unpaired) electrons. The largest absolute Gasteiger partial charge is 0.368 e. The minimum Gasteiger partial charge on any atom is -0.368 e. The number of aryl methyl sites for hydroxylation is 1. The lowest BCUT2D eigenvalue weighted by Gasteiger charge is -2.38. The lowest BCUT2D eigenvalue weighted by Crippen LogP contribution is -2.53. The third-order valence-electron chi connectivity index (χ3n) is 5.94. The van der Waals surface area contributed by atoms with E-state index in [1.54, 1.807) is 7.05 Å². The van der Waals surface area contributed by atoms with Crippen molar-refractivity contribution in [2.45, 2.75) is 32.7 Å². The maximum absolute atomic E-state index is 12.1. The second kappa shape index (κ2) is 9.68. The SMILES string of the molecule is CN=C(NCCC(=O)NC1CCS(=O)(=O)C1)N1CCN(c2cccc(C)c2C)CC1. The van der Waals surface area contributed by atoms with Crippen LogP contribution in [0.25, 0.3) is 0 Å². The first-order valence-corrected chi connectivity index (χ1v) is 12.4. The quantitative estimate of drug-likeness (QED) is 0.522. The topological polar surface area (TPSA) is 94.1 Å². The Bertz CT molecular complexity index is 892. The van der Waals surface area contributed by atoms with E-state index in [1.807, 2.05) is 0 Å². The van der Waals surface area contributed by atoms with E-state index in [4.69, 9.17) is 0 Å². The van der Waals surface area contributed by atoms with Gasteiger partial charge in [-0.15, -0.1) is 0 Å². The number of guanidine groups is 1. The molecule has 1 amide bonds. The molecule has 0 saturated carbocycles. The Kier molecular flexibility index (Phi) is 7.23. The molecule has 3 rings (SSSR count). The highest BCUT2D eigenvalue weighted by Gasteiger charge is 2.28. The molecule has 0 spiro atoms. The Balaban J connectivity index is 1.43. The molecule has 1 unspecified atom stereocenters. The van der Waals surface area contributed by atoms with Crippen LogP contribution in [0.2, 0.25) is 0 Å². The van der Waals surface area contributed by atoms with E-state index in [1.165, 1.54) is 16.8 Å². The van der Waals surface area contributed by atoms with E-state index in [2.05, 4.69) is 57.5 Å². The Morgan fingerprint density at radius 2 is 1.93 bits per heavy atom. The number of hydrogen-bond donors (Lipinski definition) is 2. The molecule has 1 aromatic carbocycles. The van der Waals surface area contributed by atoms with Gasteiger partial charge in [0.2, 0.25) is 5.91 Å². The van der Waals surface area contributed by atoms with Crippen molar-refractivity contribution < 1.29 is 13.2 Å². The molecule has 2 heterocycles. The van der Waals surface area contributed by atoms with E-state index in [-0.39, 0.29) is 29.9 Å². The molecule has 2 N–H and O–H groups in total. The fourth-order valence-corrected chi connectivity index (χ4v) is 5.74. The molecular formula is C21H33N5O3S. The van der Waals surface area contributed by atoms with Gasteiger partial charge in [-0.3, -0.25) is 9.79 Å². The van der Waals surface area contributed by atoms with Crippen LogP contribution in [-0.4, -0.2) is 82.5 Å². The predicted molar refractivity (Wildman–Crippen MR) is 121 cm³/mol. The summed E-state index contributed by atoms with van der Waals surface area (Å²) in [5, 5.41) is 6.09. The van der Waals surface area contributed by atoms with Crippen LogP contribution in [0.4, 0.5) is 5.69 Å². The summed E-state index contributed by atoms with van der Waals surface area (Å²) >= 11 is 0. The van der Waals surface area contributed by atoms with E-state index < -0.39 is 9.84 Å². The van der Waals surface area contributed by atoms with Crippen molar-refractivity contribution in [3.05, 3.63) is 29.3 Å². The number of benzene rings is 1. The summed E-state index contributed by atoms with van der Waals surface area (Å²) in [6.45, 7) is 8.34. The molecule has 0 aromatic heterocycles. The van der Waals surface area contributed by atoms with Crippen molar-refractivity contribution in [1.82, 2.24) is 15.5 Å². The molecule has 0 aliphatic carbocycles. The number of amides is 1. The zero-order valence-corrected chi connectivity index (χ0v) is 19.0. The number of nitrogens with one attached hydrogen (secondary N) is 2. The summed E-state index contributed by atoms with van der Waals surface area (Å²) in [4.78, 5) is 21.1. The lowest BCUT2D eigenvalue weighted by molar-refractivity contribution is -0.121. The molecule has 2 fully saturated rings. The van der Waals surface area contributed by atoms with Gasteiger partial charge < -0.3 is 20.4 Å². The van der Waals surface area contributed by atoms with Gasteiger partial charge in [0.1, 0.15) is 0 Å². The van der Waals surface area contributed by atoms with E-state index >= 15 is 0 Å². The van der Waals surface area contributed by atoms with Gasteiger partial charge in [0, 0.05) is 57.9 Å². The summed E-state index contributed by atoms with van der Waals surface area (Å²) in [7, 11) is -1.23. The third kappa shape index (κ3) is 5.65. The highest BCUT2D eigenvalue weighted by atomic mass is 32.2. The van der Waals surface area contributed by atoms with Crippen molar-refractivity contribution in [3.8, 4) is 0 Å². The maximum atomic E-state index is 12.1. The van der Waals surface area contributed by atoms with Crippen LogP contribution in [0.3, 0.4) is 0 Å². The number of carbonyl (C=O) groups is 1. The van der Waals surface area contributed by atoms with E-state index in [9.17, 15) is 13.2 Å². The van der Waals surface area contributed by atoms with Gasteiger partial charge in [-0.1, -0.05) is 12.1 Å². The van der Waals surface area contributed by atoms with Crippen molar-refractivity contribution in [2.75, 3.05) is 56.2 Å². The summed E-state index contributed by atoms with van der Waals surface area (Å²) in [5.74, 6) is 0.891. The van der Waals surface area contributed by atoms with Gasteiger partial charge >= 0.3 is 0 Å². The molecule has 30 heavy (non-hydrogen) atoms. The van der Waals surface area contributed by atoms with Crippen LogP contribution in [0.1, 0.15) is 24.0 Å². The minimum absolute atomic E-state index is 0.0541. The Hall–Kier alpha value is -2.29. The zero-order valence-electron chi connectivity index (χ0n) is 18.1. The molecular weight excluding hydrogens is 402 g/mol. The van der Waals surface area contributed by atoms with Gasteiger partial charge in [0.05, 0.1) is 11.5 Å². The first kappa shape index (κ1) is 22.4. The van der Waals surface area contributed by atoms with Gasteiger partial charge in [0.15, 0.2) is 15.8 Å². The standard InChI is InChI=1S/C21H33N5O3S/c1-16-5-4-6-19(17(16)2)25-10-12-26(13-11-25)21(22-3)23-9-7-20(27)24-18-8-14-30(28,29)15-18/h4-6,18H,7-15H2,1-3H3,(H,22,23)(H,24,27). The minimum atomic E-state index is -2.98. The summed E-state index contributed by atoms with van der Waals surface area (Å²) in [6, 6.07) is 6.18. The van der Waals surface area contributed by atoms with Gasteiger partial charge in [0.25, 0.3) is 0 Å². The van der Waals surface area contributed by atoms with Crippen LogP contribution >= 0.6 is 0 Å². The number of aliphatic imine (C=N–C) groups is 1. The third-order valence-corrected chi connectivity index (χ3v) is 7.71. The molecule has 166 valence electrons. The fraction of sp³-hybridized carbons (Fsp3) is 0.619. The second-order valence-electron chi connectivity index (χ2n) is 8.08. The van der Waals surface area contributed by atoms with Crippen LogP contribution in [-0.2, 0) is 14.6 Å². The Morgan fingerprint density at radius 3 is 2.57 bits per heavy atom. The van der Waals surface area contributed by atoms with Crippen LogP contribution in [0.5, 0.6) is 0 Å². The maximum Gasteiger partial charge on any atom is 0.222 e. The summed E-state index contributed by atoms with van der Waals surface area (Å²) in [5.41, 5.74) is 3.93. The van der Waals surface area contributed by atoms with Crippen LogP contribution < -0.4 is 15.5 Å². The van der Waals surface area contributed by atoms with E-state index in [0.717, 1.165) is 32.1 Å². The van der Waals surface area contributed by atoms with Crippen LogP contribution in [0.15, 0.2) is 23.2 Å². The number of piperazine rings is 1. The highest BCUT2D eigenvalue weighted by molar-refractivity contribution is 7.91. The van der Waals surface area contributed by atoms with Gasteiger partial charge in [-0.2, -0.15) is 0 Å². The molecule has 2 aliphatic heterocycles. The molecule has 8 nitrogen and oxygen atoms in total. The normalized spacial score (nSPS) is 21.6. The average Bonchev–Trinajstić information content (AvgIpc) is 3.06. The molecule has 0 bridgehead atoms. The molecule has 1 aromatic rings. The van der Waals surface area contributed by atoms with Crippen molar-refractivity contribution >= 4 is 27.4 Å². The highest BCUT2D eigenvalue weighted by Crippen LogP contribution is 2.23.